The van der Waals surface area contributed by atoms with E-state index < -0.39 is 27.4 Å². The van der Waals surface area contributed by atoms with Crippen LogP contribution in [0.5, 0.6) is 0 Å². The molecular formula is C17H22N4O5S. The number of imidazole rings is 1. The van der Waals surface area contributed by atoms with Crippen LogP contribution in [-0.2, 0) is 15.5 Å². The summed E-state index contributed by atoms with van der Waals surface area (Å²) in [6, 6.07) is 4.26. The molecule has 1 fully saturated rings. The van der Waals surface area contributed by atoms with E-state index in [-0.39, 0.29) is 16.1 Å². The van der Waals surface area contributed by atoms with Crippen LogP contribution in [0.3, 0.4) is 0 Å². The number of H-pyrrole nitrogens is 1. The minimum atomic E-state index is -1.47. The zero-order valence-corrected chi connectivity index (χ0v) is 16.2. The van der Waals surface area contributed by atoms with Crippen LogP contribution in [0.4, 0.5) is 10.5 Å². The molecule has 1 aromatic carbocycles. The monoisotopic (exact) mass is 394 g/mol. The lowest BCUT2D eigenvalue weighted by Crippen LogP contribution is -2.46. The number of piperidine rings is 1. The summed E-state index contributed by atoms with van der Waals surface area (Å²) >= 11 is 0. The molecule has 0 unspecified atom stereocenters. The number of nitrogens with zero attached hydrogens (tertiary/aromatic N) is 3. The number of likely N-dealkylation sites (tertiary alicyclic amines) is 1. The van der Waals surface area contributed by atoms with E-state index in [0.717, 1.165) is 6.42 Å². The fourth-order valence-corrected chi connectivity index (χ4v) is 4.36. The number of nitro benzene ring substituents is 1. The van der Waals surface area contributed by atoms with Crippen LogP contribution in [0, 0.1) is 10.1 Å². The summed E-state index contributed by atoms with van der Waals surface area (Å²) in [6.07, 6.45) is 1.01. The van der Waals surface area contributed by atoms with Crippen LogP contribution < -0.4 is 0 Å². The molecule has 9 nitrogen and oxygen atoms in total. The highest BCUT2D eigenvalue weighted by atomic mass is 32.2. The summed E-state index contributed by atoms with van der Waals surface area (Å²) < 4.78 is 18.3. The Morgan fingerprint density at radius 3 is 2.85 bits per heavy atom. The van der Waals surface area contributed by atoms with Crippen LogP contribution in [0.15, 0.2) is 23.4 Å². The second-order valence-electron chi connectivity index (χ2n) is 7.49. The van der Waals surface area contributed by atoms with Crippen molar-refractivity contribution in [3.63, 3.8) is 0 Å². The van der Waals surface area contributed by atoms with Gasteiger partial charge in [0.2, 0.25) is 0 Å². The fourth-order valence-electron chi connectivity index (χ4n) is 2.95. The van der Waals surface area contributed by atoms with E-state index in [9.17, 15) is 19.1 Å². The summed E-state index contributed by atoms with van der Waals surface area (Å²) in [5, 5.41) is 10.9. The second-order valence-corrected chi connectivity index (χ2v) is 9.14. The zero-order chi connectivity index (χ0) is 19.8. The summed E-state index contributed by atoms with van der Waals surface area (Å²) in [5.74, 6) is 0. The number of carbonyl (C=O) groups is 1. The number of fused-ring (bicyclic) bond motifs is 1. The van der Waals surface area contributed by atoms with E-state index in [1.165, 1.54) is 18.2 Å². The number of amides is 1. The van der Waals surface area contributed by atoms with Crippen LogP contribution in [0.2, 0.25) is 0 Å². The van der Waals surface area contributed by atoms with Gasteiger partial charge in [0.1, 0.15) is 5.60 Å². The molecule has 1 amide bonds. The number of aromatic amines is 1. The van der Waals surface area contributed by atoms with Crippen LogP contribution >= 0.6 is 0 Å². The summed E-state index contributed by atoms with van der Waals surface area (Å²) in [4.78, 5) is 31.5. The highest BCUT2D eigenvalue weighted by Crippen LogP contribution is 2.24. The molecule has 0 saturated carbocycles. The van der Waals surface area contributed by atoms with Gasteiger partial charge in [-0.3, -0.25) is 14.3 Å². The molecule has 27 heavy (non-hydrogen) atoms. The molecule has 1 aliphatic heterocycles. The molecule has 1 saturated heterocycles. The number of carbonyl (C=O) groups excluding carboxylic acids is 1. The van der Waals surface area contributed by atoms with Gasteiger partial charge in [0.25, 0.3) is 5.69 Å². The number of nitro groups is 1. The van der Waals surface area contributed by atoms with Crippen molar-refractivity contribution < 1.29 is 18.7 Å². The molecule has 3 rings (SSSR count). The highest BCUT2D eigenvalue weighted by molar-refractivity contribution is 7.85. The number of hydrogen-bond donors (Lipinski definition) is 1. The predicted octanol–water partition coefficient (Wildman–Crippen LogP) is 2.98. The van der Waals surface area contributed by atoms with Crippen molar-refractivity contribution in [2.75, 3.05) is 13.1 Å². The Hall–Kier alpha value is -2.49. The number of ether oxygens (including phenoxy) is 1. The van der Waals surface area contributed by atoms with Crippen molar-refractivity contribution in [2.45, 2.75) is 49.6 Å². The van der Waals surface area contributed by atoms with Gasteiger partial charge in [-0.1, -0.05) is 0 Å². The molecule has 1 N–H and O–H groups in total. The van der Waals surface area contributed by atoms with Crippen molar-refractivity contribution in [3.05, 3.63) is 28.3 Å². The van der Waals surface area contributed by atoms with Gasteiger partial charge in [-0.25, -0.2) is 9.78 Å². The van der Waals surface area contributed by atoms with Gasteiger partial charge >= 0.3 is 6.09 Å². The zero-order valence-electron chi connectivity index (χ0n) is 15.4. The van der Waals surface area contributed by atoms with Gasteiger partial charge in [0, 0.05) is 25.2 Å². The third-order valence-electron chi connectivity index (χ3n) is 4.18. The molecule has 1 aromatic heterocycles. The van der Waals surface area contributed by atoms with E-state index in [1.54, 1.807) is 25.7 Å². The standard InChI is InChI=1S/C17H22N4O5S/c1-17(2,3)26-16(22)20-8-4-5-12(10-20)27(25)15-18-13-7-6-11(21(23)24)9-14(13)19-15/h6-7,9,12H,4-5,8,10H2,1-3H3,(H,18,19)/t12-,27-/m0/s1. The lowest BCUT2D eigenvalue weighted by molar-refractivity contribution is -0.384. The van der Waals surface area contributed by atoms with Crippen LogP contribution in [0.25, 0.3) is 11.0 Å². The molecule has 0 aliphatic carbocycles. The number of benzene rings is 1. The fraction of sp³-hybridized carbons (Fsp3) is 0.529. The molecule has 146 valence electrons. The van der Waals surface area contributed by atoms with Crippen molar-refractivity contribution in [1.82, 2.24) is 14.9 Å². The summed E-state index contributed by atoms with van der Waals surface area (Å²) in [7, 11) is -1.47. The van der Waals surface area contributed by atoms with E-state index in [4.69, 9.17) is 4.74 Å². The maximum atomic E-state index is 12.9. The largest absolute Gasteiger partial charge is 0.444 e. The Kier molecular flexibility index (Phi) is 5.18. The lowest BCUT2D eigenvalue weighted by Gasteiger charge is -2.33. The van der Waals surface area contributed by atoms with Crippen LogP contribution in [0.1, 0.15) is 33.6 Å². The SMILES string of the molecule is CC(C)(C)OC(=O)N1CCC[C@H]([S@](=O)c2nc3ccc([N+](=O)[O-])cc3[nH]2)C1. The molecule has 0 spiro atoms. The molecule has 10 heteroatoms. The van der Waals surface area contributed by atoms with Gasteiger partial charge < -0.3 is 14.6 Å². The highest BCUT2D eigenvalue weighted by Gasteiger charge is 2.32. The Balaban J connectivity index is 1.76. The molecule has 0 radical (unpaired) electrons. The van der Waals surface area contributed by atoms with E-state index in [0.29, 0.717) is 30.5 Å². The Bertz CT molecular complexity index is 904. The normalized spacial score (nSPS) is 19.1. The predicted molar refractivity (Wildman–Crippen MR) is 100.0 cm³/mol. The maximum absolute atomic E-state index is 12.9. The Labute approximate surface area is 158 Å². The third kappa shape index (κ3) is 4.44. The quantitative estimate of drug-likeness (QED) is 0.631. The van der Waals surface area contributed by atoms with E-state index >= 15 is 0 Å². The summed E-state index contributed by atoms with van der Waals surface area (Å²) in [6.45, 7) is 6.29. The molecule has 1 aliphatic rings. The first-order valence-corrected chi connectivity index (χ1v) is 9.88. The van der Waals surface area contributed by atoms with Crippen molar-refractivity contribution in [2.24, 2.45) is 0 Å². The Morgan fingerprint density at radius 2 is 2.19 bits per heavy atom. The Morgan fingerprint density at radius 1 is 1.44 bits per heavy atom. The average molecular weight is 394 g/mol. The molecule has 2 aromatic rings. The van der Waals surface area contributed by atoms with E-state index in [1.807, 2.05) is 0 Å². The number of nitrogens with one attached hydrogen (secondary N) is 1. The minimum absolute atomic E-state index is 0.0581. The minimum Gasteiger partial charge on any atom is -0.444 e. The number of rotatable bonds is 3. The summed E-state index contributed by atoms with van der Waals surface area (Å²) in [5.41, 5.74) is 0.338. The van der Waals surface area contributed by atoms with E-state index in [2.05, 4.69) is 9.97 Å². The first-order valence-electron chi connectivity index (χ1n) is 8.67. The molecule has 2 heterocycles. The number of hydrogen-bond acceptors (Lipinski definition) is 6. The van der Waals surface area contributed by atoms with Gasteiger partial charge in [0.15, 0.2) is 5.16 Å². The van der Waals surface area contributed by atoms with Gasteiger partial charge in [-0.2, -0.15) is 0 Å². The van der Waals surface area contributed by atoms with Crippen molar-refractivity contribution in [3.8, 4) is 0 Å². The van der Waals surface area contributed by atoms with Gasteiger partial charge in [0.05, 0.1) is 32.0 Å². The van der Waals surface area contributed by atoms with Gasteiger partial charge in [-0.05, 0) is 39.7 Å². The smallest absolute Gasteiger partial charge is 0.410 e. The molecule has 0 bridgehead atoms. The molecular weight excluding hydrogens is 372 g/mol. The number of aromatic nitrogens is 2. The van der Waals surface area contributed by atoms with Crippen LogP contribution in [-0.4, -0.2) is 54.0 Å². The maximum Gasteiger partial charge on any atom is 0.410 e. The molecule has 2 atom stereocenters. The number of non-ortho nitro benzene ring substituents is 1. The lowest BCUT2D eigenvalue weighted by atomic mass is 10.1. The topological polar surface area (TPSA) is 118 Å². The van der Waals surface area contributed by atoms with Crippen molar-refractivity contribution in [1.29, 1.82) is 0 Å². The second kappa shape index (κ2) is 7.26. The van der Waals surface area contributed by atoms with Crippen molar-refractivity contribution >= 4 is 33.6 Å². The third-order valence-corrected chi connectivity index (χ3v) is 5.74. The average Bonchev–Trinajstić information content (AvgIpc) is 3.02. The van der Waals surface area contributed by atoms with Gasteiger partial charge in [-0.15, -0.1) is 0 Å². The first kappa shape index (κ1) is 19.3. The first-order chi connectivity index (χ1) is 12.6.